The minimum absolute atomic E-state index is 0.0236. The Bertz CT molecular complexity index is 1040. The molecule has 1 atom stereocenters. The van der Waals surface area contributed by atoms with Crippen LogP contribution < -0.4 is 9.47 Å². The number of carbonyl (C=O) groups excluding carboxylic acids is 2. The zero-order chi connectivity index (χ0) is 23.5. The lowest BCUT2D eigenvalue weighted by molar-refractivity contribution is -0.138. The summed E-state index contributed by atoms with van der Waals surface area (Å²) >= 11 is 0. The van der Waals surface area contributed by atoms with Gasteiger partial charge in [0.25, 0.3) is 5.91 Å². The summed E-state index contributed by atoms with van der Waals surface area (Å²) < 4.78 is 37.9. The first-order chi connectivity index (χ1) is 15.9. The van der Waals surface area contributed by atoms with Gasteiger partial charge in [-0.15, -0.1) is 0 Å². The van der Waals surface area contributed by atoms with Gasteiger partial charge >= 0.3 is 0 Å². The number of piperazine rings is 1. The van der Waals surface area contributed by atoms with Crippen molar-refractivity contribution < 1.29 is 27.8 Å². The third kappa shape index (κ3) is 4.78. The van der Waals surface area contributed by atoms with Gasteiger partial charge in [0.2, 0.25) is 12.7 Å². The molecular weight excluding hydrogens is 432 g/mol. The predicted octanol–water partition coefficient (Wildman–Crippen LogP) is 2.89. The molecule has 2 aliphatic rings. The van der Waals surface area contributed by atoms with E-state index in [9.17, 15) is 18.4 Å². The van der Waals surface area contributed by atoms with Gasteiger partial charge in [0, 0.05) is 44.8 Å². The molecule has 0 N–H and O–H groups in total. The number of nitrogens with zero attached hydrogens (tertiary/aromatic N) is 3. The Balaban J connectivity index is 1.55. The third-order valence-electron chi connectivity index (χ3n) is 6.10. The fourth-order valence-electron chi connectivity index (χ4n) is 4.28. The van der Waals surface area contributed by atoms with E-state index in [1.165, 1.54) is 11.0 Å². The first-order valence-electron chi connectivity index (χ1n) is 11.1. The van der Waals surface area contributed by atoms with E-state index < -0.39 is 23.6 Å². The van der Waals surface area contributed by atoms with Crippen molar-refractivity contribution in [1.82, 2.24) is 14.7 Å². The number of benzene rings is 2. The van der Waals surface area contributed by atoms with Crippen LogP contribution in [0.2, 0.25) is 0 Å². The molecule has 176 valence electrons. The highest BCUT2D eigenvalue weighted by molar-refractivity contribution is 5.97. The van der Waals surface area contributed by atoms with Crippen LogP contribution in [0.1, 0.15) is 29.8 Å². The summed E-state index contributed by atoms with van der Waals surface area (Å²) in [5.74, 6) is -1.36. The summed E-state index contributed by atoms with van der Waals surface area (Å²) in [6.07, 6.45) is 0. The molecule has 7 nitrogen and oxygen atoms in total. The van der Waals surface area contributed by atoms with Crippen LogP contribution >= 0.6 is 0 Å². The minimum atomic E-state index is -1.09. The lowest BCUT2D eigenvalue weighted by Crippen LogP contribution is -2.60. The monoisotopic (exact) mass is 459 g/mol. The quantitative estimate of drug-likeness (QED) is 0.665. The van der Waals surface area contributed by atoms with Crippen molar-refractivity contribution in [2.45, 2.75) is 26.4 Å². The van der Waals surface area contributed by atoms with Crippen LogP contribution in [0.5, 0.6) is 11.5 Å². The lowest BCUT2D eigenvalue weighted by Gasteiger charge is -2.42. The first kappa shape index (κ1) is 23.0. The number of ether oxygens (including phenoxy) is 2. The topological polar surface area (TPSA) is 62.3 Å². The van der Waals surface area contributed by atoms with Gasteiger partial charge < -0.3 is 19.3 Å². The average molecular weight is 459 g/mol. The van der Waals surface area contributed by atoms with Gasteiger partial charge in [-0.2, -0.15) is 0 Å². The molecule has 2 aromatic rings. The highest BCUT2D eigenvalue weighted by Gasteiger charge is 2.37. The van der Waals surface area contributed by atoms with E-state index in [1.807, 2.05) is 32.0 Å². The van der Waals surface area contributed by atoms with Gasteiger partial charge in [-0.25, -0.2) is 8.78 Å². The normalized spacial score (nSPS) is 17.8. The molecule has 2 amide bonds. The van der Waals surface area contributed by atoms with Gasteiger partial charge in [0.05, 0.1) is 0 Å². The Morgan fingerprint density at radius 2 is 1.76 bits per heavy atom. The van der Waals surface area contributed by atoms with Crippen molar-refractivity contribution in [3.05, 3.63) is 59.2 Å². The molecule has 9 heteroatoms. The highest BCUT2D eigenvalue weighted by Crippen LogP contribution is 2.33. The number of halogens is 2. The second-order valence-corrected chi connectivity index (χ2v) is 8.08. The van der Waals surface area contributed by atoms with Crippen molar-refractivity contribution in [1.29, 1.82) is 0 Å². The van der Waals surface area contributed by atoms with Crippen molar-refractivity contribution in [2.24, 2.45) is 0 Å². The van der Waals surface area contributed by atoms with Crippen molar-refractivity contribution in [3.8, 4) is 11.5 Å². The van der Waals surface area contributed by atoms with Crippen LogP contribution in [0.4, 0.5) is 8.78 Å². The highest BCUT2D eigenvalue weighted by atomic mass is 19.2. The largest absolute Gasteiger partial charge is 0.454 e. The number of carbonyl (C=O) groups is 2. The number of rotatable bonds is 6. The molecule has 0 aromatic heterocycles. The summed E-state index contributed by atoms with van der Waals surface area (Å²) in [6.45, 7) is 6.73. The van der Waals surface area contributed by atoms with Crippen LogP contribution in [0.3, 0.4) is 0 Å². The van der Waals surface area contributed by atoms with Crippen molar-refractivity contribution in [3.63, 3.8) is 0 Å². The van der Waals surface area contributed by atoms with E-state index in [2.05, 4.69) is 4.90 Å². The lowest BCUT2D eigenvalue weighted by atomic mass is 10.1. The van der Waals surface area contributed by atoms with Gasteiger partial charge in [-0.3, -0.25) is 14.5 Å². The predicted molar refractivity (Wildman–Crippen MR) is 117 cm³/mol. The summed E-state index contributed by atoms with van der Waals surface area (Å²) in [4.78, 5) is 31.8. The molecule has 2 heterocycles. The van der Waals surface area contributed by atoms with E-state index in [0.717, 1.165) is 17.7 Å². The fourth-order valence-corrected chi connectivity index (χ4v) is 4.28. The Kier molecular flexibility index (Phi) is 6.78. The maximum absolute atomic E-state index is 13.8. The van der Waals surface area contributed by atoms with Gasteiger partial charge in [-0.1, -0.05) is 6.07 Å². The molecule has 1 saturated heterocycles. The molecule has 1 unspecified atom stereocenters. The molecule has 0 radical (unpaired) electrons. The molecule has 1 fully saturated rings. The van der Waals surface area contributed by atoms with Gasteiger partial charge in [0.1, 0.15) is 6.04 Å². The second-order valence-electron chi connectivity index (χ2n) is 8.08. The van der Waals surface area contributed by atoms with E-state index in [1.54, 1.807) is 4.90 Å². The van der Waals surface area contributed by atoms with Crippen LogP contribution in [-0.4, -0.2) is 72.1 Å². The van der Waals surface area contributed by atoms with E-state index in [0.29, 0.717) is 50.8 Å². The molecule has 4 rings (SSSR count). The van der Waals surface area contributed by atoms with Crippen LogP contribution in [0.25, 0.3) is 0 Å². The van der Waals surface area contributed by atoms with E-state index in [-0.39, 0.29) is 18.3 Å². The maximum atomic E-state index is 13.8. The number of hydrogen-bond donors (Lipinski definition) is 0. The number of hydrogen-bond acceptors (Lipinski definition) is 5. The zero-order valence-corrected chi connectivity index (χ0v) is 18.7. The molecule has 0 bridgehead atoms. The Hall–Kier alpha value is -3.20. The molecule has 33 heavy (non-hydrogen) atoms. The summed E-state index contributed by atoms with van der Waals surface area (Å²) in [6, 6.07) is 8.07. The van der Waals surface area contributed by atoms with E-state index in [4.69, 9.17) is 9.47 Å². The molecule has 2 aromatic carbocycles. The maximum Gasteiger partial charge on any atom is 0.254 e. The number of amides is 2. The molecule has 0 saturated carbocycles. The molecule has 0 spiro atoms. The van der Waals surface area contributed by atoms with Gasteiger partial charge in [-0.05, 0) is 49.7 Å². The van der Waals surface area contributed by atoms with Crippen LogP contribution in [0.15, 0.2) is 36.4 Å². The number of likely N-dealkylation sites (N-methyl/N-ethyl adjacent to an activating group) is 1. The molecule has 2 aliphatic heterocycles. The zero-order valence-electron chi connectivity index (χ0n) is 18.7. The van der Waals surface area contributed by atoms with E-state index >= 15 is 0 Å². The SMILES string of the molecule is CCN(CC)C(=O)C1CN(Cc2ccc3c(c2)OCO3)CCN1C(=O)c1ccc(F)c(F)c1. The Morgan fingerprint density at radius 1 is 1.00 bits per heavy atom. The van der Waals surface area contributed by atoms with Crippen molar-refractivity contribution in [2.75, 3.05) is 39.5 Å². The third-order valence-corrected chi connectivity index (χ3v) is 6.10. The fraction of sp³-hybridized carbons (Fsp3) is 0.417. The van der Waals surface area contributed by atoms with Crippen molar-refractivity contribution >= 4 is 11.8 Å². The summed E-state index contributed by atoms with van der Waals surface area (Å²) in [7, 11) is 0. The van der Waals surface area contributed by atoms with Crippen LogP contribution in [-0.2, 0) is 11.3 Å². The summed E-state index contributed by atoms with van der Waals surface area (Å²) in [5.41, 5.74) is 1.03. The van der Waals surface area contributed by atoms with Gasteiger partial charge in [0.15, 0.2) is 23.1 Å². The van der Waals surface area contributed by atoms with Crippen LogP contribution in [0, 0.1) is 11.6 Å². The summed E-state index contributed by atoms with van der Waals surface area (Å²) in [5, 5.41) is 0. The average Bonchev–Trinajstić information content (AvgIpc) is 3.29. The molecular formula is C24H27F2N3O4. The minimum Gasteiger partial charge on any atom is -0.454 e. The number of fused-ring (bicyclic) bond motifs is 1. The smallest absolute Gasteiger partial charge is 0.254 e. The second kappa shape index (κ2) is 9.74. The Labute approximate surface area is 191 Å². The molecule has 0 aliphatic carbocycles. The Morgan fingerprint density at radius 3 is 2.48 bits per heavy atom. The first-order valence-corrected chi connectivity index (χ1v) is 11.1. The standard InChI is InChI=1S/C24H27F2N3O4/c1-3-28(4-2)24(31)20-14-27(13-16-5-8-21-22(11-16)33-15-32-21)9-10-29(20)23(30)17-6-7-18(25)19(26)12-17/h5-8,11-12,20H,3-4,9-10,13-15H2,1-2H3.